The van der Waals surface area contributed by atoms with Gasteiger partial charge in [0, 0.05) is 19.6 Å². The van der Waals surface area contributed by atoms with E-state index in [1.54, 1.807) is 0 Å². The van der Waals surface area contributed by atoms with Crippen molar-refractivity contribution in [3.05, 3.63) is 0 Å². The zero-order chi connectivity index (χ0) is 9.84. The average Bonchev–Trinajstić information content (AvgIpc) is 2.09. The number of nitrogens with one attached hydrogen (secondary N) is 1. The molecule has 0 aromatic heterocycles. The molecule has 0 aliphatic carbocycles. The van der Waals surface area contributed by atoms with Crippen molar-refractivity contribution in [2.75, 3.05) is 13.2 Å². The lowest BCUT2D eigenvalue weighted by Gasteiger charge is -2.31. The Morgan fingerprint density at radius 1 is 1.62 bits per heavy atom. The Morgan fingerprint density at radius 2 is 2.31 bits per heavy atom. The summed E-state index contributed by atoms with van der Waals surface area (Å²) in [6, 6.07) is 0. The van der Waals surface area contributed by atoms with Gasteiger partial charge in [-0.1, -0.05) is 13.8 Å². The molecule has 13 heavy (non-hydrogen) atoms. The van der Waals surface area contributed by atoms with Gasteiger partial charge in [-0.15, -0.1) is 0 Å². The first kappa shape index (κ1) is 10.5. The van der Waals surface area contributed by atoms with Crippen LogP contribution in [0.15, 0.2) is 0 Å². The van der Waals surface area contributed by atoms with Crippen LogP contribution in [-0.2, 0) is 4.79 Å². The SMILES string of the molecule is CC(C)C(CO)C1CCC(=O)NC1. The molecular weight excluding hydrogens is 166 g/mol. The zero-order valence-electron chi connectivity index (χ0n) is 8.42. The van der Waals surface area contributed by atoms with E-state index in [1.165, 1.54) is 0 Å². The molecule has 0 aromatic rings. The first-order chi connectivity index (χ1) is 6.15. The van der Waals surface area contributed by atoms with E-state index in [4.69, 9.17) is 0 Å². The van der Waals surface area contributed by atoms with Gasteiger partial charge >= 0.3 is 0 Å². The molecule has 0 aromatic carbocycles. The lowest BCUT2D eigenvalue weighted by Crippen LogP contribution is -2.40. The Hall–Kier alpha value is -0.570. The van der Waals surface area contributed by atoms with Crippen molar-refractivity contribution in [3.8, 4) is 0 Å². The first-order valence-electron chi connectivity index (χ1n) is 5.02. The topological polar surface area (TPSA) is 49.3 Å². The van der Waals surface area contributed by atoms with Gasteiger partial charge in [0.2, 0.25) is 5.91 Å². The fraction of sp³-hybridized carbons (Fsp3) is 0.900. The van der Waals surface area contributed by atoms with E-state index < -0.39 is 0 Å². The molecule has 3 heteroatoms. The summed E-state index contributed by atoms with van der Waals surface area (Å²) in [6.45, 7) is 5.22. The average molecular weight is 185 g/mol. The van der Waals surface area contributed by atoms with Gasteiger partial charge in [-0.2, -0.15) is 0 Å². The number of aliphatic hydroxyl groups is 1. The second-order valence-electron chi connectivity index (χ2n) is 4.19. The molecular formula is C10H19NO2. The van der Waals surface area contributed by atoms with Crippen LogP contribution in [0.3, 0.4) is 0 Å². The summed E-state index contributed by atoms with van der Waals surface area (Å²) in [5.74, 6) is 1.44. The molecule has 0 saturated carbocycles. The number of carbonyl (C=O) groups excluding carboxylic acids is 1. The summed E-state index contributed by atoms with van der Waals surface area (Å²) in [5.41, 5.74) is 0. The maximum atomic E-state index is 10.9. The smallest absolute Gasteiger partial charge is 0.220 e. The molecule has 76 valence electrons. The predicted molar refractivity (Wildman–Crippen MR) is 51.1 cm³/mol. The van der Waals surface area contributed by atoms with Crippen LogP contribution < -0.4 is 5.32 Å². The van der Waals surface area contributed by atoms with Crippen molar-refractivity contribution in [3.63, 3.8) is 0 Å². The van der Waals surface area contributed by atoms with Crippen LogP contribution in [0.25, 0.3) is 0 Å². The van der Waals surface area contributed by atoms with Gasteiger partial charge in [-0.3, -0.25) is 4.79 Å². The quantitative estimate of drug-likeness (QED) is 0.682. The molecule has 1 aliphatic heterocycles. The lowest BCUT2D eigenvalue weighted by molar-refractivity contribution is -0.123. The van der Waals surface area contributed by atoms with Crippen molar-refractivity contribution >= 4 is 5.91 Å². The van der Waals surface area contributed by atoms with Crippen molar-refractivity contribution in [2.45, 2.75) is 26.7 Å². The maximum absolute atomic E-state index is 10.9. The fourth-order valence-corrected chi connectivity index (χ4v) is 2.02. The monoisotopic (exact) mass is 185 g/mol. The molecule has 1 aliphatic rings. The summed E-state index contributed by atoms with van der Waals surface area (Å²) in [6.07, 6.45) is 1.54. The maximum Gasteiger partial charge on any atom is 0.220 e. The summed E-state index contributed by atoms with van der Waals surface area (Å²) in [7, 11) is 0. The van der Waals surface area contributed by atoms with Crippen molar-refractivity contribution < 1.29 is 9.90 Å². The molecule has 3 nitrogen and oxygen atoms in total. The highest BCUT2D eigenvalue weighted by atomic mass is 16.3. The predicted octanol–water partition coefficient (Wildman–Crippen LogP) is 0.777. The van der Waals surface area contributed by atoms with Gasteiger partial charge in [-0.25, -0.2) is 0 Å². The van der Waals surface area contributed by atoms with Gasteiger partial charge in [0.05, 0.1) is 0 Å². The summed E-state index contributed by atoms with van der Waals surface area (Å²) >= 11 is 0. The van der Waals surface area contributed by atoms with Gasteiger partial charge in [0.1, 0.15) is 0 Å². The molecule has 2 atom stereocenters. The lowest BCUT2D eigenvalue weighted by atomic mass is 9.80. The number of amides is 1. The molecule has 0 spiro atoms. The summed E-state index contributed by atoms with van der Waals surface area (Å²) < 4.78 is 0. The van der Waals surface area contributed by atoms with Gasteiger partial charge < -0.3 is 10.4 Å². The van der Waals surface area contributed by atoms with Crippen LogP contribution in [-0.4, -0.2) is 24.2 Å². The Kier molecular flexibility index (Phi) is 3.72. The number of carbonyl (C=O) groups is 1. The van der Waals surface area contributed by atoms with Gasteiger partial charge in [-0.05, 0) is 24.2 Å². The molecule has 0 radical (unpaired) electrons. The van der Waals surface area contributed by atoms with Crippen LogP contribution in [0.2, 0.25) is 0 Å². The van der Waals surface area contributed by atoms with E-state index in [0.29, 0.717) is 24.2 Å². The molecule has 1 heterocycles. The van der Waals surface area contributed by atoms with Crippen LogP contribution >= 0.6 is 0 Å². The standard InChI is InChI=1S/C10H19NO2/c1-7(2)9(6-12)8-3-4-10(13)11-5-8/h7-9,12H,3-6H2,1-2H3,(H,11,13). The third-order valence-electron chi connectivity index (χ3n) is 2.98. The number of hydrogen-bond donors (Lipinski definition) is 2. The molecule has 2 unspecified atom stereocenters. The van der Waals surface area contributed by atoms with E-state index in [1.807, 2.05) is 0 Å². The molecule has 1 fully saturated rings. The minimum Gasteiger partial charge on any atom is -0.396 e. The van der Waals surface area contributed by atoms with E-state index in [-0.39, 0.29) is 12.5 Å². The highest BCUT2D eigenvalue weighted by Gasteiger charge is 2.27. The normalized spacial score (nSPS) is 25.8. The minimum absolute atomic E-state index is 0.150. The second-order valence-corrected chi connectivity index (χ2v) is 4.19. The molecule has 1 amide bonds. The first-order valence-corrected chi connectivity index (χ1v) is 5.02. The number of hydrogen-bond acceptors (Lipinski definition) is 2. The zero-order valence-corrected chi connectivity index (χ0v) is 8.42. The Labute approximate surface area is 79.5 Å². The second kappa shape index (κ2) is 4.61. The van der Waals surface area contributed by atoms with E-state index in [0.717, 1.165) is 13.0 Å². The molecule has 1 saturated heterocycles. The summed E-state index contributed by atoms with van der Waals surface area (Å²) in [4.78, 5) is 10.9. The highest BCUT2D eigenvalue weighted by molar-refractivity contribution is 5.76. The number of piperidine rings is 1. The van der Waals surface area contributed by atoms with Crippen molar-refractivity contribution in [2.24, 2.45) is 17.8 Å². The number of aliphatic hydroxyl groups excluding tert-OH is 1. The third kappa shape index (κ3) is 2.69. The third-order valence-corrected chi connectivity index (χ3v) is 2.98. The largest absolute Gasteiger partial charge is 0.396 e. The Bertz CT molecular complexity index is 170. The van der Waals surface area contributed by atoms with Crippen molar-refractivity contribution in [1.82, 2.24) is 5.32 Å². The van der Waals surface area contributed by atoms with Crippen LogP contribution in [0, 0.1) is 17.8 Å². The molecule has 0 bridgehead atoms. The fourth-order valence-electron chi connectivity index (χ4n) is 2.02. The van der Waals surface area contributed by atoms with E-state index in [9.17, 15) is 9.90 Å². The van der Waals surface area contributed by atoms with Crippen LogP contribution in [0.1, 0.15) is 26.7 Å². The van der Waals surface area contributed by atoms with E-state index in [2.05, 4.69) is 19.2 Å². The van der Waals surface area contributed by atoms with Crippen molar-refractivity contribution in [1.29, 1.82) is 0 Å². The van der Waals surface area contributed by atoms with Crippen LogP contribution in [0.5, 0.6) is 0 Å². The Morgan fingerprint density at radius 3 is 2.69 bits per heavy atom. The Balaban J connectivity index is 2.46. The van der Waals surface area contributed by atoms with Crippen LogP contribution in [0.4, 0.5) is 0 Å². The minimum atomic E-state index is 0.150. The molecule has 1 rings (SSSR count). The summed E-state index contributed by atoms with van der Waals surface area (Å²) in [5, 5.41) is 12.1. The molecule has 2 N–H and O–H groups in total. The van der Waals surface area contributed by atoms with Gasteiger partial charge in [0.15, 0.2) is 0 Å². The highest BCUT2D eigenvalue weighted by Crippen LogP contribution is 2.26. The van der Waals surface area contributed by atoms with Gasteiger partial charge in [0.25, 0.3) is 0 Å². The number of rotatable bonds is 3. The van der Waals surface area contributed by atoms with E-state index >= 15 is 0 Å².